The first-order chi connectivity index (χ1) is 8.47. The molecular formula is C14H13NO3. The maximum atomic E-state index is 11.4. The average Bonchev–Trinajstić information content (AvgIpc) is 2.27. The summed E-state index contributed by atoms with van der Waals surface area (Å²) in [6.45, 7) is 3.90. The third-order valence-corrected chi connectivity index (χ3v) is 2.76. The number of carboxylic acids is 1. The smallest absolute Gasteiger partial charge is 0.335 e. The summed E-state index contributed by atoms with van der Waals surface area (Å²) in [6, 6.07) is 8.34. The van der Waals surface area contributed by atoms with E-state index in [0.717, 1.165) is 22.8 Å². The Morgan fingerprint density at radius 2 is 1.89 bits per heavy atom. The van der Waals surface area contributed by atoms with Gasteiger partial charge in [0.05, 0.1) is 5.56 Å². The molecule has 1 aromatic heterocycles. The van der Waals surface area contributed by atoms with Gasteiger partial charge in [-0.1, -0.05) is 23.8 Å². The van der Waals surface area contributed by atoms with Crippen LogP contribution >= 0.6 is 0 Å². The number of aromatic carboxylic acids is 1. The fourth-order valence-electron chi connectivity index (χ4n) is 1.93. The van der Waals surface area contributed by atoms with Crippen LogP contribution in [0, 0.1) is 13.8 Å². The van der Waals surface area contributed by atoms with Crippen molar-refractivity contribution in [3.05, 3.63) is 57.4 Å². The lowest BCUT2D eigenvalue weighted by molar-refractivity contribution is 0.0696. The van der Waals surface area contributed by atoms with Crippen molar-refractivity contribution in [2.75, 3.05) is 0 Å². The zero-order valence-electron chi connectivity index (χ0n) is 10.2. The minimum atomic E-state index is -1.10. The van der Waals surface area contributed by atoms with E-state index in [1.807, 2.05) is 32.0 Å². The van der Waals surface area contributed by atoms with Gasteiger partial charge in [0.25, 0.3) is 0 Å². The molecule has 0 amide bonds. The number of benzene rings is 1. The molecule has 1 heterocycles. The van der Waals surface area contributed by atoms with E-state index in [0.29, 0.717) is 5.69 Å². The highest BCUT2D eigenvalue weighted by Crippen LogP contribution is 2.22. The van der Waals surface area contributed by atoms with Gasteiger partial charge in [-0.15, -0.1) is 0 Å². The van der Waals surface area contributed by atoms with E-state index >= 15 is 0 Å². The van der Waals surface area contributed by atoms with Crippen LogP contribution in [0.3, 0.4) is 0 Å². The molecule has 0 bridgehead atoms. The predicted octanol–water partition coefficient (Wildman–Crippen LogP) is 2.36. The molecule has 0 saturated heterocycles. The molecule has 0 saturated carbocycles. The summed E-state index contributed by atoms with van der Waals surface area (Å²) in [7, 11) is 0. The van der Waals surface area contributed by atoms with Crippen molar-refractivity contribution in [1.29, 1.82) is 0 Å². The van der Waals surface area contributed by atoms with E-state index in [4.69, 9.17) is 5.11 Å². The van der Waals surface area contributed by atoms with Gasteiger partial charge in [0, 0.05) is 17.3 Å². The van der Waals surface area contributed by atoms with E-state index < -0.39 is 11.5 Å². The molecule has 1 aromatic carbocycles. The number of pyridine rings is 1. The predicted molar refractivity (Wildman–Crippen MR) is 68.9 cm³/mol. The van der Waals surface area contributed by atoms with E-state index in [9.17, 15) is 9.59 Å². The maximum Gasteiger partial charge on any atom is 0.335 e. The van der Waals surface area contributed by atoms with Crippen LogP contribution in [0.2, 0.25) is 0 Å². The number of nitrogens with one attached hydrogen (secondary N) is 1. The number of carboxylic acid groups (broad SMARTS) is 1. The highest BCUT2D eigenvalue weighted by Gasteiger charge is 2.09. The van der Waals surface area contributed by atoms with E-state index in [-0.39, 0.29) is 5.56 Å². The third-order valence-electron chi connectivity index (χ3n) is 2.76. The Labute approximate surface area is 104 Å². The third kappa shape index (κ3) is 2.32. The molecule has 0 atom stereocenters. The van der Waals surface area contributed by atoms with Gasteiger partial charge in [-0.25, -0.2) is 4.79 Å². The summed E-state index contributed by atoms with van der Waals surface area (Å²) in [5.74, 6) is -1.10. The first-order valence-corrected chi connectivity index (χ1v) is 5.52. The van der Waals surface area contributed by atoms with Crippen LogP contribution in [0.4, 0.5) is 0 Å². The number of aryl methyl sites for hydroxylation is 2. The molecule has 0 aliphatic rings. The SMILES string of the molecule is Cc1ccc(-c2cc(C(=O)O)cc(=O)[nH]2)c(C)c1. The molecule has 0 radical (unpaired) electrons. The standard InChI is InChI=1S/C14H13NO3/c1-8-3-4-11(9(2)5-8)12-6-10(14(17)18)7-13(16)15-12/h3-7H,1-2H3,(H,15,16)(H,17,18). The van der Waals surface area contributed by atoms with Crippen LogP contribution in [-0.4, -0.2) is 16.1 Å². The van der Waals surface area contributed by atoms with Gasteiger partial charge in [0.2, 0.25) is 5.56 Å². The van der Waals surface area contributed by atoms with Crippen LogP contribution in [0.15, 0.2) is 35.1 Å². The zero-order chi connectivity index (χ0) is 13.3. The van der Waals surface area contributed by atoms with E-state index in [2.05, 4.69) is 4.98 Å². The highest BCUT2D eigenvalue weighted by atomic mass is 16.4. The molecule has 0 spiro atoms. The Bertz CT molecular complexity index is 671. The van der Waals surface area contributed by atoms with Crippen LogP contribution < -0.4 is 5.56 Å². The van der Waals surface area contributed by atoms with Crippen molar-refractivity contribution in [2.45, 2.75) is 13.8 Å². The first kappa shape index (κ1) is 12.1. The number of aromatic nitrogens is 1. The topological polar surface area (TPSA) is 70.2 Å². The van der Waals surface area contributed by atoms with Gasteiger partial charge in [0.15, 0.2) is 0 Å². The number of hydrogen-bond acceptors (Lipinski definition) is 2. The van der Waals surface area contributed by atoms with Crippen LogP contribution in [-0.2, 0) is 0 Å². The molecular weight excluding hydrogens is 230 g/mol. The second-order valence-electron chi connectivity index (χ2n) is 4.27. The lowest BCUT2D eigenvalue weighted by Crippen LogP contribution is -2.10. The monoisotopic (exact) mass is 243 g/mol. The van der Waals surface area contributed by atoms with Gasteiger partial charge in [-0.3, -0.25) is 4.79 Å². The molecule has 2 N–H and O–H groups in total. The number of aromatic amines is 1. The molecule has 92 valence electrons. The highest BCUT2D eigenvalue weighted by molar-refractivity contribution is 5.88. The zero-order valence-corrected chi connectivity index (χ0v) is 10.2. The van der Waals surface area contributed by atoms with Crippen molar-refractivity contribution >= 4 is 5.97 Å². The summed E-state index contributed by atoms with van der Waals surface area (Å²) in [5, 5.41) is 8.94. The van der Waals surface area contributed by atoms with Gasteiger partial charge >= 0.3 is 5.97 Å². The van der Waals surface area contributed by atoms with Crippen molar-refractivity contribution < 1.29 is 9.90 Å². The van der Waals surface area contributed by atoms with Crippen molar-refractivity contribution in [2.24, 2.45) is 0 Å². The number of carbonyl (C=O) groups is 1. The second kappa shape index (κ2) is 4.49. The fraction of sp³-hybridized carbons (Fsp3) is 0.143. The molecule has 0 unspecified atom stereocenters. The van der Waals surface area contributed by atoms with Crippen LogP contribution in [0.25, 0.3) is 11.3 Å². The first-order valence-electron chi connectivity index (χ1n) is 5.52. The molecule has 0 aliphatic carbocycles. The Hall–Kier alpha value is -2.36. The number of H-pyrrole nitrogens is 1. The molecule has 2 aromatic rings. The Morgan fingerprint density at radius 3 is 2.50 bits per heavy atom. The van der Waals surface area contributed by atoms with E-state index in [1.165, 1.54) is 6.07 Å². The van der Waals surface area contributed by atoms with Crippen molar-refractivity contribution in [3.63, 3.8) is 0 Å². The van der Waals surface area contributed by atoms with Gasteiger partial charge in [-0.2, -0.15) is 0 Å². The number of rotatable bonds is 2. The minimum absolute atomic E-state index is 0.00581. The van der Waals surface area contributed by atoms with Crippen LogP contribution in [0.1, 0.15) is 21.5 Å². The number of hydrogen-bond donors (Lipinski definition) is 2. The molecule has 4 heteroatoms. The Kier molecular flexibility index (Phi) is 3.02. The van der Waals surface area contributed by atoms with Gasteiger partial charge in [-0.05, 0) is 25.5 Å². The van der Waals surface area contributed by atoms with Crippen molar-refractivity contribution in [1.82, 2.24) is 4.98 Å². The second-order valence-corrected chi connectivity index (χ2v) is 4.27. The van der Waals surface area contributed by atoms with E-state index in [1.54, 1.807) is 0 Å². The summed E-state index contributed by atoms with van der Waals surface area (Å²) in [6.07, 6.45) is 0. The van der Waals surface area contributed by atoms with Gasteiger partial charge in [0.1, 0.15) is 0 Å². The molecule has 2 rings (SSSR count). The summed E-state index contributed by atoms with van der Waals surface area (Å²) in [4.78, 5) is 25.0. The van der Waals surface area contributed by atoms with Crippen molar-refractivity contribution in [3.8, 4) is 11.3 Å². The Morgan fingerprint density at radius 1 is 1.17 bits per heavy atom. The average molecular weight is 243 g/mol. The van der Waals surface area contributed by atoms with Crippen LogP contribution in [0.5, 0.6) is 0 Å². The minimum Gasteiger partial charge on any atom is -0.478 e. The Balaban J connectivity index is 2.64. The summed E-state index contributed by atoms with van der Waals surface area (Å²) < 4.78 is 0. The van der Waals surface area contributed by atoms with Gasteiger partial charge < -0.3 is 10.1 Å². The largest absolute Gasteiger partial charge is 0.478 e. The normalized spacial score (nSPS) is 10.3. The lowest BCUT2D eigenvalue weighted by Gasteiger charge is -2.07. The molecule has 4 nitrogen and oxygen atoms in total. The fourth-order valence-corrected chi connectivity index (χ4v) is 1.93. The molecule has 0 fully saturated rings. The molecule has 0 aliphatic heterocycles. The maximum absolute atomic E-state index is 11.4. The summed E-state index contributed by atoms with van der Waals surface area (Å²) in [5.41, 5.74) is 3.05. The lowest BCUT2D eigenvalue weighted by atomic mass is 10.0. The quantitative estimate of drug-likeness (QED) is 0.850. The summed E-state index contributed by atoms with van der Waals surface area (Å²) >= 11 is 0. The molecule has 18 heavy (non-hydrogen) atoms.